The molecule has 1 aromatic heterocycles. The molecular formula is C29H27N4+. The van der Waals surface area contributed by atoms with Crippen molar-refractivity contribution in [2.75, 3.05) is 23.3 Å². The average Bonchev–Trinajstić information content (AvgIpc) is 2.89. The average molecular weight is 432 g/mol. The number of fused-ring (bicyclic) bond motifs is 2. The van der Waals surface area contributed by atoms with Crippen LogP contribution in [-0.4, -0.2) is 18.1 Å². The van der Waals surface area contributed by atoms with Crippen LogP contribution in [0.3, 0.4) is 0 Å². The molecule has 0 radical (unpaired) electrons. The highest BCUT2D eigenvalue weighted by Gasteiger charge is 2.22. The van der Waals surface area contributed by atoms with Crippen molar-refractivity contribution < 1.29 is 4.57 Å². The number of aromatic nitrogens is 2. The third-order valence-electron chi connectivity index (χ3n) is 6.46. The molecule has 4 aromatic carbocycles. The van der Waals surface area contributed by atoms with Gasteiger partial charge in [-0.25, -0.2) is 4.98 Å². The summed E-state index contributed by atoms with van der Waals surface area (Å²) in [6, 6.07) is 34.0. The minimum absolute atomic E-state index is 0.982. The van der Waals surface area contributed by atoms with Gasteiger partial charge in [0.2, 0.25) is 16.7 Å². The van der Waals surface area contributed by atoms with Crippen LogP contribution >= 0.6 is 0 Å². The molecule has 4 heteroatoms. The van der Waals surface area contributed by atoms with E-state index in [1.165, 1.54) is 24.9 Å². The monoisotopic (exact) mass is 431 g/mol. The Morgan fingerprint density at radius 1 is 0.636 bits per heavy atom. The maximum atomic E-state index is 5.03. The molecule has 0 atom stereocenters. The van der Waals surface area contributed by atoms with Crippen LogP contribution in [0.25, 0.3) is 27.8 Å². The lowest BCUT2D eigenvalue weighted by Gasteiger charge is -2.28. The third kappa shape index (κ3) is 3.89. The van der Waals surface area contributed by atoms with Crippen LogP contribution in [0.4, 0.5) is 17.1 Å². The van der Waals surface area contributed by atoms with Crippen molar-refractivity contribution in [3.63, 3.8) is 0 Å². The summed E-state index contributed by atoms with van der Waals surface area (Å²) >= 11 is 0. The summed E-state index contributed by atoms with van der Waals surface area (Å²) in [6.07, 6.45) is 3.86. The summed E-state index contributed by atoms with van der Waals surface area (Å²) < 4.78 is 2.35. The van der Waals surface area contributed by atoms with Crippen molar-refractivity contribution >= 4 is 39.1 Å². The SMILES string of the molecule is c1ccc(Nc2ccc3nc4ccc(N5CCCCC5)cc4[n+](-c4ccccc4)c3c2)cc1. The first-order valence-corrected chi connectivity index (χ1v) is 11.8. The molecule has 0 aliphatic carbocycles. The molecule has 0 amide bonds. The molecular weight excluding hydrogens is 404 g/mol. The first kappa shape index (κ1) is 19.7. The van der Waals surface area contributed by atoms with E-state index in [1.54, 1.807) is 0 Å². The van der Waals surface area contributed by atoms with Gasteiger partial charge < -0.3 is 10.2 Å². The second-order valence-corrected chi connectivity index (χ2v) is 8.70. The van der Waals surface area contributed by atoms with Crippen LogP contribution in [0.1, 0.15) is 19.3 Å². The van der Waals surface area contributed by atoms with E-state index in [0.717, 1.165) is 52.2 Å². The lowest BCUT2D eigenvalue weighted by molar-refractivity contribution is -0.538. The van der Waals surface area contributed by atoms with E-state index in [-0.39, 0.29) is 0 Å². The Kier molecular flexibility index (Phi) is 5.11. The quantitative estimate of drug-likeness (QED) is 0.264. The summed E-state index contributed by atoms with van der Waals surface area (Å²) in [7, 11) is 0. The normalized spacial score (nSPS) is 14.0. The van der Waals surface area contributed by atoms with E-state index in [4.69, 9.17) is 4.98 Å². The van der Waals surface area contributed by atoms with Crippen LogP contribution in [-0.2, 0) is 0 Å². The number of hydrogen-bond acceptors (Lipinski definition) is 3. The smallest absolute Gasteiger partial charge is 0.239 e. The van der Waals surface area contributed by atoms with Gasteiger partial charge in [-0.1, -0.05) is 36.4 Å². The summed E-state index contributed by atoms with van der Waals surface area (Å²) in [4.78, 5) is 7.54. The molecule has 1 fully saturated rings. The van der Waals surface area contributed by atoms with E-state index in [2.05, 4.69) is 93.6 Å². The zero-order valence-electron chi connectivity index (χ0n) is 18.6. The van der Waals surface area contributed by atoms with E-state index in [0.29, 0.717) is 0 Å². The summed E-state index contributed by atoms with van der Waals surface area (Å²) in [5.74, 6) is 0. The van der Waals surface area contributed by atoms with Gasteiger partial charge in [0.15, 0.2) is 0 Å². The van der Waals surface area contributed by atoms with Gasteiger partial charge in [0.25, 0.3) is 0 Å². The van der Waals surface area contributed by atoms with Gasteiger partial charge in [0.05, 0.1) is 0 Å². The van der Waals surface area contributed by atoms with Gasteiger partial charge in [0.1, 0.15) is 11.0 Å². The molecule has 4 nitrogen and oxygen atoms in total. The Morgan fingerprint density at radius 2 is 1.30 bits per heavy atom. The van der Waals surface area contributed by atoms with Gasteiger partial charge in [-0.3, -0.25) is 0 Å². The minimum atomic E-state index is 0.982. The Bertz CT molecular complexity index is 1410. The number of benzene rings is 4. The molecule has 0 bridgehead atoms. The molecule has 0 saturated carbocycles. The molecule has 2 heterocycles. The summed E-state index contributed by atoms with van der Waals surface area (Å²) in [5, 5.41) is 3.54. The first-order valence-electron chi connectivity index (χ1n) is 11.8. The summed E-state index contributed by atoms with van der Waals surface area (Å²) in [5.41, 5.74) is 8.76. The minimum Gasteiger partial charge on any atom is -0.371 e. The maximum Gasteiger partial charge on any atom is 0.239 e. The molecule has 0 unspecified atom stereocenters. The van der Waals surface area contributed by atoms with Crippen molar-refractivity contribution in [1.82, 2.24) is 4.98 Å². The Balaban J connectivity index is 1.56. The van der Waals surface area contributed by atoms with Crippen LogP contribution in [0.15, 0.2) is 97.1 Å². The number of hydrogen-bond donors (Lipinski definition) is 1. The zero-order chi connectivity index (χ0) is 22.0. The second-order valence-electron chi connectivity index (χ2n) is 8.70. The van der Waals surface area contributed by atoms with Crippen molar-refractivity contribution in [2.45, 2.75) is 19.3 Å². The van der Waals surface area contributed by atoms with Gasteiger partial charge in [0, 0.05) is 54.4 Å². The third-order valence-corrected chi connectivity index (χ3v) is 6.46. The number of nitrogens with one attached hydrogen (secondary N) is 1. The molecule has 33 heavy (non-hydrogen) atoms. The van der Waals surface area contributed by atoms with Crippen LogP contribution in [0.5, 0.6) is 0 Å². The van der Waals surface area contributed by atoms with E-state index in [1.807, 2.05) is 18.2 Å². The molecule has 1 aliphatic rings. The zero-order valence-corrected chi connectivity index (χ0v) is 18.6. The van der Waals surface area contributed by atoms with Gasteiger partial charge in [-0.2, -0.15) is 0 Å². The highest BCUT2D eigenvalue weighted by Crippen LogP contribution is 2.27. The number of anilines is 3. The van der Waals surface area contributed by atoms with Crippen molar-refractivity contribution in [3.8, 4) is 5.69 Å². The number of rotatable bonds is 4. The van der Waals surface area contributed by atoms with Crippen LogP contribution in [0, 0.1) is 0 Å². The fourth-order valence-corrected chi connectivity index (χ4v) is 4.81. The highest BCUT2D eigenvalue weighted by molar-refractivity contribution is 5.86. The number of para-hydroxylation sites is 2. The topological polar surface area (TPSA) is 32.0 Å². The van der Waals surface area contributed by atoms with Crippen molar-refractivity contribution in [1.29, 1.82) is 0 Å². The lowest BCUT2D eigenvalue weighted by Crippen LogP contribution is -2.34. The van der Waals surface area contributed by atoms with E-state index < -0.39 is 0 Å². The van der Waals surface area contributed by atoms with Crippen LogP contribution in [0.2, 0.25) is 0 Å². The van der Waals surface area contributed by atoms with Gasteiger partial charge in [-0.15, -0.1) is 4.57 Å². The van der Waals surface area contributed by atoms with Gasteiger partial charge in [-0.05, 0) is 55.7 Å². The number of piperidine rings is 1. The lowest BCUT2D eigenvalue weighted by atomic mass is 10.1. The maximum absolute atomic E-state index is 5.03. The molecule has 1 N–H and O–H groups in total. The molecule has 5 aromatic rings. The van der Waals surface area contributed by atoms with E-state index in [9.17, 15) is 0 Å². The predicted octanol–water partition coefficient (Wildman–Crippen LogP) is 6.40. The van der Waals surface area contributed by atoms with Crippen molar-refractivity contribution in [3.05, 3.63) is 97.1 Å². The predicted molar refractivity (Wildman–Crippen MR) is 137 cm³/mol. The molecule has 6 rings (SSSR count). The number of nitrogens with zero attached hydrogens (tertiary/aromatic N) is 3. The molecule has 1 saturated heterocycles. The molecule has 162 valence electrons. The van der Waals surface area contributed by atoms with Gasteiger partial charge >= 0.3 is 0 Å². The fourth-order valence-electron chi connectivity index (χ4n) is 4.81. The Morgan fingerprint density at radius 3 is 2.06 bits per heavy atom. The standard InChI is InChI=1S/C29H26N4/c1-4-10-22(11-5-1)30-23-14-16-26-28(20-23)33(24-12-6-2-7-13-24)29-21-25(15-17-27(29)31-26)32-18-8-3-9-19-32/h1-2,4-7,10-17,20-21H,3,8-9,18-19H2/p+1. The Labute approximate surface area is 194 Å². The molecule has 1 aliphatic heterocycles. The second kappa shape index (κ2) is 8.55. The fraction of sp³-hybridized carbons (Fsp3) is 0.172. The molecule has 0 spiro atoms. The summed E-state index contributed by atoms with van der Waals surface area (Å²) in [6.45, 7) is 2.26. The van der Waals surface area contributed by atoms with Crippen molar-refractivity contribution in [2.24, 2.45) is 0 Å². The Hall–Kier alpha value is -3.92. The first-order chi connectivity index (χ1) is 16.3. The van der Waals surface area contributed by atoms with Crippen LogP contribution < -0.4 is 14.8 Å². The largest absolute Gasteiger partial charge is 0.371 e. The van der Waals surface area contributed by atoms with E-state index >= 15 is 0 Å². The highest BCUT2D eigenvalue weighted by atomic mass is 15.1.